The summed E-state index contributed by atoms with van der Waals surface area (Å²) in [6.07, 6.45) is 1.10. The molecule has 2 atom stereocenters. The fourth-order valence-corrected chi connectivity index (χ4v) is 2.73. The molecule has 1 fully saturated rings. The van der Waals surface area contributed by atoms with Gasteiger partial charge in [-0.15, -0.1) is 0 Å². The summed E-state index contributed by atoms with van der Waals surface area (Å²) >= 11 is 0. The lowest BCUT2D eigenvalue weighted by molar-refractivity contribution is 0.129. The number of benzene rings is 2. The maximum atomic E-state index is 12.8. The number of hydrogen-bond donors (Lipinski definition) is 0. The van der Waals surface area contributed by atoms with Crippen LogP contribution in [-0.2, 0) is 11.4 Å². The van der Waals surface area contributed by atoms with Gasteiger partial charge in [0.15, 0.2) is 0 Å². The average molecular weight is 313 g/mol. The second kappa shape index (κ2) is 6.82. The van der Waals surface area contributed by atoms with Crippen LogP contribution in [0.1, 0.15) is 30.4 Å². The van der Waals surface area contributed by atoms with E-state index in [-0.39, 0.29) is 5.82 Å². The van der Waals surface area contributed by atoms with Gasteiger partial charge in [-0.25, -0.2) is 4.39 Å². The lowest BCUT2D eigenvalue weighted by Crippen LogP contribution is -1.99. The summed E-state index contributed by atoms with van der Waals surface area (Å²) in [5, 5.41) is 4.21. The Balaban J connectivity index is 1.52. The van der Waals surface area contributed by atoms with Crippen molar-refractivity contribution < 1.29 is 14.0 Å². The molecule has 120 valence electrons. The third-order valence-electron chi connectivity index (χ3n) is 4.22. The van der Waals surface area contributed by atoms with Crippen molar-refractivity contribution in [3.63, 3.8) is 0 Å². The molecule has 2 aromatic carbocycles. The number of ether oxygens (including phenoxy) is 1. The third-order valence-corrected chi connectivity index (χ3v) is 4.22. The van der Waals surface area contributed by atoms with Crippen molar-refractivity contribution in [2.45, 2.75) is 25.9 Å². The second-order valence-corrected chi connectivity index (χ2v) is 5.85. The Kier molecular flexibility index (Phi) is 4.60. The van der Waals surface area contributed by atoms with E-state index in [1.54, 1.807) is 19.2 Å². The predicted octanol–water partition coefficient (Wildman–Crippen LogP) is 4.53. The number of rotatable bonds is 6. The molecule has 1 aliphatic carbocycles. The van der Waals surface area contributed by atoms with Gasteiger partial charge in [0, 0.05) is 5.92 Å². The standard InChI is InChI=1S/C19H20FNO2/c1-13(21-23-12-14-3-7-16(20)8-4-14)18-11-19(18)15-5-9-17(22-2)10-6-15/h3-10,18-19H,11-12H2,1-2H3/b21-13-/t18-,19-/m1/s1. The van der Waals surface area contributed by atoms with E-state index >= 15 is 0 Å². The largest absolute Gasteiger partial charge is 0.497 e. The molecule has 23 heavy (non-hydrogen) atoms. The molecule has 2 aromatic rings. The number of oxime groups is 1. The molecule has 0 N–H and O–H groups in total. The summed E-state index contributed by atoms with van der Waals surface area (Å²) in [5.41, 5.74) is 3.22. The first-order valence-electron chi connectivity index (χ1n) is 7.72. The minimum Gasteiger partial charge on any atom is -0.497 e. The van der Waals surface area contributed by atoms with Gasteiger partial charge in [-0.2, -0.15) is 0 Å². The van der Waals surface area contributed by atoms with Gasteiger partial charge in [-0.3, -0.25) is 0 Å². The van der Waals surface area contributed by atoms with E-state index in [4.69, 9.17) is 9.57 Å². The Bertz CT molecular complexity index is 680. The zero-order chi connectivity index (χ0) is 16.2. The van der Waals surface area contributed by atoms with Crippen LogP contribution in [-0.4, -0.2) is 12.8 Å². The van der Waals surface area contributed by atoms with Gasteiger partial charge < -0.3 is 9.57 Å². The summed E-state index contributed by atoms with van der Waals surface area (Å²) in [4.78, 5) is 5.39. The van der Waals surface area contributed by atoms with Crippen molar-refractivity contribution in [1.29, 1.82) is 0 Å². The van der Waals surface area contributed by atoms with Crippen LogP contribution in [0.5, 0.6) is 5.75 Å². The number of methoxy groups -OCH3 is 1. The first-order chi connectivity index (χ1) is 11.2. The van der Waals surface area contributed by atoms with Crippen molar-refractivity contribution in [3.8, 4) is 5.75 Å². The van der Waals surface area contributed by atoms with E-state index in [0.717, 1.165) is 23.4 Å². The monoisotopic (exact) mass is 313 g/mol. The fraction of sp³-hybridized carbons (Fsp3) is 0.316. The molecule has 0 heterocycles. The first-order valence-corrected chi connectivity index (χ1v) is 7.72. The molecule has 3 rings (SSSR count). The van der Waals surface area contributed by atoms with Crippen molar-refractivity contribution in [1.82, 2.24) is 0 Å². The van der Waals surface area contributed by atoms with Gasteiger partial charge in [-0.1, -0.05) is 29.4 Å². The molecule has 4 heteroatoms. The van der Waals surface area contributed by atoms with Crippen molar-refractivity contribution in [2.24, 2.45) is 11.1 Å². The maximum Gasteiger partial charge on any atom is 0.142 e. The van der Waals surface area contributed by atoms with E-state index in [1.807, 2.05) is 19.1 Å². The third kappa shape index (κ3) is 3.89. The van der Waals surface area contributed by atoms with E-state index in [9.17, 15) is 4.39 Å². The van der Waals surface area contributed by atoms with Crippen LogP contribution in [0, 0.1) is 11.7 Å². The highest BCUT2D eigenvalue weighted by Crippen LogP contribution is 2.48. The highest BCUT2D eigenvalue weighted by molar-refractivity contribution is 5.87. The summed E-state index contributed by atoms with van der Waals surface area (Å²) in [6, 6.07) is 14.5. The minimum atomic E-state index is -0.242. The summed E-state index contributed by atoms with van der Waals surface area (Å²) in [5.74, 6) is 1.59. The molecule has 0 bridgehead atoms. The molecule has 3 nitrogen and oxygen atoms in total. The smallest absolute Gasteiger partial charge is 0.142 e. The predicted molar refractivity (Wildman–Crippen MR) is 88.1 cm³/mol. The molecule has 0 saturated heterocycles. The van der Waals surface area contributed by atoms with Gasteiger partial charge in [0.2, 0.25) is 0 Å². The van der Waals surface area contributed by atoms with Crippen molar-refractivity contribution >= 4 is 5.71 Å². The van der Waals surface area contributed by atoms with Crippen molar-refractivity contribution in [3.05, 3.63) is 65.5 Å². The highest BCUT2D eigenvalue weighted by atomic mass is 19.1. The lowest BCUT2D eigenvalue weighted by atomic mass is 10.1. The van der Waals surface area contributed by atoms with Gasteiger partial charge in [0.1, 0.15) is 18.2 Å². The van der Waals surface area contributed by atoms with E-state index in [2.05, 4.69) is 17.3 Å². The molecule has 1 aliphatic rings. The molecule has 0 aliphatic heterocycles. The van der Waals surface area contributed by atoms with E-state index < -0.39 is 0 Å². The summed E-state index contributed by atoms with van der Waals surface area (Å²) in [7, 11) is 1.67. The zero-order valence-corrected chi connectivity index (χ0v) is 13.3. The Hall–Kier alpha value is -2.36. The Morgan fingerprint density at radius 2 is 1.83 bits per heavy atom. The SMILES string of the molecule is COc1ccc([C@H]2C[C@@H]2/C(C)=N\OCc2ccc(F)cc2)cc1. The quantitative estimate of drug-likeness (QED) is 0.579. The molecule has 1 saturated carbocycles. The summed E-state index contributed by atoms with van der Waals surface area (Å²) < 4.78 is 18.0. The van der Waals surface area contributed by atoms with Gasteiger partial charge >= 0.3 is 0 Å². The normalized spacial score (nSPS) is 20.2. The van der Waals surface area contributed by atoms with Gasteiger partial charge in [0.05, 0.1) is 12.8 Å². The molecular formula is C19H20FNO2. The van der Waals surface area contributed by atoms with Crippen LogP contribution < -0.4 is 4.74 Å². The first kappa shape index (κ1) is 15.5. The summed E-state index contributed by atoms with van der Waals surface area (Å²) in [6.45, 7) is 2.36. The number of hydrogen-bond acceptors (Lipinski definition) is 3. The van der Waals surface area contributed by atoms with Gasteiger partial charge in [-0.05, 0) is 54.7 Å². The molecule has 0 aromatic heterocycles. The molecule has 0 unspecified atom stereocenters. The van der Waals surface area contributed by atoms with Crippen LogP contribution in [0.3, 0.4) is 0 Å². The van der Waals surface area contributed by atoms with Crippen LogP contribution in [0.25, 0.3) is 0 Å². The van der Waals surface area contributed by atoms with Gasteiger partial charge in [0.25, 0.3) is 0 Å². The molecule has 0 spiro atoms. The maximum absolute atomic E-state index is 12.8. The molecule has 0 amide bonds. The highest BCUT2D eigenvalue weighted by Gasteiger charge is 2.40. The Morgan fingerprint density at radius 3 is 2.48 bits per heavy atom. The van der Waals surface area contributed by atoms with Crippen molar-refractivity contribution in [2.75, 3.05) is 7.11 Å². The van der Waals surface area contributed by atoms with E-state index in [1.165, 1.54) is 17.7 Å². The number of nitrogens with zero attached hydrogens (tertiary/aromatic N) is 1. The fourth-order valence-electron chi connectivity index (χ4n) is 2.73. The zero-order valence-electron chi connectivity index (χ0n) is 13.3. The van der Waals surface area contributed by atoms with Crippen LogP contribution in [0.15, 0.2) is 53.7 Å². The van der Waals surface area contributed by atoms with Crippen LogP contribution >= 0.6 is 0 Å². The topological polar surface area (TPSA) is 30.8 Å². The lowest BCUT2D eigenvalue weighted by Gasteiger charge is -2.04. The Labute approximate surface area is 135 Å². The second-order valence-electron chi connectivity index (χ2n) is 5.85. The number of halogens is 1. The Morgan fingerprint density at radius 1 is 1.13 bits per heavy atom. The molecule has 0 radical (unpaired) electrons. The van der Waals surface area contributed by atoms with Crippen LogP contribution in [0.2, 0.25) is 0 Å². The molecular weight excluding hydrogens is 293 g/mol. The van der Waals surface area contributed by atoms with Crippen LogP contribution in [0.4, 0.5) is 4.39 Å². The van der Waals surface area contributed by atoms with E-state index in [0.29, 0.717) is 18.4 Å². The minimum absolute atomic E-state index is 0.242. The average Bonchev–Trinajstić information content (AvgIpc) is 3.37.